The first-order valence-electron chi connectivity index (χ1n) is 11.4. The summed E-state index contributed by atoms with van der Waals surface area (Å²) < 4.78 is 34.1. The van der Waals surface area contributed by atoms with E-state index in [2.05, 4.69) is 15.0 Å². The molecule has 1 aromatic heterocycles. The average molecular weight is 555 g/mol. The van der Waals surface area contributed by atoms with Gasteiger partial charge in [-0.25, -0.2) is 13.4 Å². The first kappa shape index (κ1) is 26.0. The number of aromatic nitrogens is 1. The predicted molar refractivity (Wildman–Crippen MR) is 141 cm³/mol. The van der Waals surface area contributed by atoms with Gasteiger partial charge in [-0.15, -0.1) is 0 Å². The summed E-state index contributed by atoms with van der Waals surface area (Å²) in [4.78, 5) is 4.11. The number of anilines is 1. The maximum atomic E-state index is 12.9. The van der Waals surface area contributed by atoms with Crippen molar-refractivity contribution in [1.82, 2.24) is 10.3 Å². The van der Waals surface area contributed by atoms with E-state index in [1.54, 1.807) is 0 Å². The summed E-state index contributed by atoms with van der Waals surface area (Å²) in [6.07, 6.45) is 8.07. The van der Waals surface area contributed by atoms with Gasteiger partial charge < -0.3 is 10.1 Å². The second-order valence-electron chi connectivity index (χ2n) is 8.55. The van der Waals surface area contributed by atoms with E-state index in [0.29, 0.717) is 5.75 Å². The van der Waals surface area contributed by atoms with Crippen LogP contribution in [0.5, 0.6) is 11.6 Å². The van der Waals surface area contributed by atoms with Gasteiger partial charge in [0.05, 0.1) is 20.0 Å². The summed E-state index contributed by atoms with van der Waals surface area (Å²) in [7, 11) is -3.99. The molecular formula is C25H26Cl3N3O3S. The zero-order valence-corrected chi connectivity index (χ0v) is 22.0. The molecular weight excluding hydrogens is 529 g/mol. The third-order valence-corrected chi connectivity index (χ3v) is 8.24. The SMILES string of the molecule is O=S(=O)(Nc1cc(Cl)cnc1Oc1ccc(CNCCC2CCCC2)cc1)c1ccc(Cl)c(Cl)c1. The second kappa shape index (κ2) is 11.8. The van der Waals surface area contributed by atoms with Gasteiger partial charge in [-0.05, 0) is 60.8 Å². The molecule has 1 aliphatic carbocycles. The Morgan fingerprint density at radius 1 is 0.971 bits per heavy atom. The van der Waals surface area contributed by atoms with Crippen molar-refractivity contribution in [2.75, 3.05) is 11.3 Å². The minimum Gasteiger partial charge on any atom is -0.437 e. The van der Waals surface area contributed by atoms with Crippen LogP contribution < -0.4 is 14.8 Å². The van der Waals surface area contributed by atoms with E-state index in [4.69, 9.17) is 39.5 Å². The number of rotatable bonds is 10. The lowest BCUT2D eigenvalue weighted by atomic mass is 10.0. The number of pyridine rings is 1. The van der Waals surface area contributed by atoms with Crippen molar-refractivity contribution in [1.29, 1.82) is 0 Å². The van der Waals surface area contributed by atoms with Gasteiger partial charge in [0, 0.05) is 12.7 Å². The molecule has 1 heterocycles. The van der Waals surface area contributed by atoms with E-state index in [-0.39, 0.29) is 31.5 Å². The smallest absolute Gasteiger partial charge is 0.262 e. The highest BCUT2D eigenvalue weighted by Gasteiger charge is 2.20. The molecule has 35 heavy (non-hydrogen) atoms. The summed E-state index contributed by atoms with van der Waals surface area (Å²) in [6.45, 7) is 1.79. The third-order valence-electron chi connectivity index (χ3n) is 5.93. The van der Waals surface area contributed by atoms with Crippen molar-refractivity contribution < 1.29 is 13.2 Å². The molecule has 10 heteroatoms. The van der Waals surface area contributed by atoms with Crippen molar-refractivity contribution in [2.24, 2.45) is 5.92 Å². The molecule has 0 spiro atoms. The molecule has 0 radical (unpaired) electrons. The van der Waals surface area contributed by atoms with Crippen molar-refractivity contribution in [3.8, 4) is 11.6 Å². The van der Waals surface area contributed by atoms with E-state index in [0.717, 1.165) is 24.6 Å². The van der Waals surface area contributed by atoms with Gasteiger partial charge in [0.2, 0.25) is 5.88 Å². The lowest BCUT2D eigenvalue weighted by Crippen LogP contribution is -2.16. The molecule has 0 amide bonds. The van der Waals surface area contributed by atoms with Crippen LogP contribution in [0.3, 0.4) is 0 Å². The zero-order chi connectivity index (χ0) is 24.8. The van der Waals surface area contributed by atoms with Gasteiger partial charge in [-0.3, -0.25) is 4.72 Å². The molecule has 6 nitrogen and oxygen atoms in total. The van der Waals surface area contributed by atoms with Crippen LogP contribution in [0.4, 0.5) is 5.69 Å². The molecule has 2 aromatic carbocycles. The number of halogens is 3. The maximum Gasteiger partial charge on any atom is 0.262 e. The van der Waals surface area contributed by atoms with Gasteiger partial charge in [0.1, 0.15) is 11.4 Å². The molecule has 1 aliphatic rings. The van der Waals surface area contributed by atoms with Crippen LogP contribution in [0.25, 0.3) is 0 Å². The van der Waals surface area contributed by atoms with Crippen LogP contribution in [0, 0.1) is 5.92 Å². The van der Waals surface area contributed by atoms with Gasteiger partial charge in [0.25, 0.3) is 10.0 Å². The van der Waals surface area contributed by atoms with Gasteiger partial charge in [-0.2, -0.15) is 0 Å². The number of nitrogens with one attached hydrogen (secondary N) is 2. The third kappa shape index (κ3) is 7.24. The summed E-state index contributed by atoms with van der Waals surface area (Å²) in [5.74, 6) is 1.46. The number of benzene rings is 2. The average Bonchev–Trinajstić information content (AvgIpc) is 3.35. The quantitative estimate of drug-likeness (QED) is 0.257. The van der Waals surface area contributed by atoms with Crippen molar-refractivity contribution >= 4 is 50.5 Å². The molecule has 0 saturated heterocycles. The Balaban J connectivity index is 1.40. The Kier molecular flexibility index (Phi) is 8.78. The van der Waals surface area contributed by atoms with E-state index in [1.807, 2.05) is 24.3 Å². The Labute approximate surface area is 221 Å². The number of hydrogen-bond acceptors (Lipinski definition) is 5. The minimum atomic E-state index is -3.99. The zero-order valence-electron chi connectivity index (χ0n) is 18.9. The van der Waals surface area contributed by atoms with Crippen LogP contribution in [-0.2, 0) is 16.6 Å². The first-order chi connectivity index (χ1) is 16.8. The molecule has 1 fully saturated rings. The minimum absolute atomic E-state index is 0.0531. The van der Waals surface area contributed by atoms with Crippen molar-refractivity contribution in [2.45, 2.75) is 43.5 Å². The molecule has 2 N–H and O–H groups in total. The van der Waals surface area contributed by atoms with Gasteiger partial charge in [-0.1, -0.05) is 72.6 Å². The van der Waals surface area contributed by atoms with Gasteiger partial charge in [0.15, 0.2) is 0 Å². The largest absolute Gasteiger partial charge is 0.437 e. The fourth-order valence-electron chi connectivity index (χ4n) is 4.05. The standard InChI is InChI=1S/C25H26Cl3N3O3S/c26-19-13-24(31-35(32,33)21-9-10-22(27)23(28)14-21)25(30-16-19)34-20-7-5-18(6-8-20)15-29-12-11-17-3-1-2-4-17/h5-10,13-14,16-17,29,31H,1-4,11-12,15H2. The molecule has 0 atom stereocenters. The second-order valence-corrected chi connectivity index (χ2v) is 11.5. The number of ether oxygens (including phenoxy) is 1. The molecule has 4 rings (SSSR count). The summed E-state index contributed by atoms with van der Waals surface area (Å²) in [5.41, 5.74) is 1.23. The van der Waals surface area contributed by atoms with Crippen LogP contribution in [0.2, 0.25) is 15.1 Å². The lowest BCUT2D eigenvalue weighted by Gasteiger charge is -2.14. The maximum absolute atomic E-state index is 12.9. The Morgan fingerprint density at radius 3 is 2.43 bits per heavy atom. The van der Waals surface area contributed by atoms with E-state index in [9.17, 15) is 8.42 Å². The van der Waals surface area contributed by atoms with E-state index in [1.165, 1.54) is 62.6 Å². The normalized spacial score (nSPS) is 14.3. The molecule has 0 unspecified atom stereocenters. The van der Waals surface area contributed by atoms with Crippen LogP contribution in [-0.4, -0.2) is 19.9 Å². The number of hydrogen-bond donors (Lipinski definition) is 2. The first-order valence-corrected chi connectivity index (χ1v) is 14.0. The molecule has 0 bridgehead atoms. The van der Waals surface area contributed by atoms with Crippen molar-refractivity contribution in [3.05, 3.63) is 75.4 Å². The summed E-state index contributed by atoms with van der Waals surface area (Å²) in [6, 6.07) is 13.0. The fourth-order valence-corrected chi connectivity index (χ4v) is 5.65. The Hall–Kier alpha value is -2.03. The number of sulfonamides is 1. The number of nitrogens with zero attached hydrogens (tertiary/aromatic N) is 1. The highest BCUT2D eigenvalue weighted by atomic mass is 35.5. The Morgan fingerprint density at radius 2 is 1.71 bits per heavy atom. The molecule has 1 saturated carbocycles. The van der Waals surface area contributed by atoms with E-state index >= 15 is 0 Å². The predicted octanol–water partition coefficient (Wildman–Crippen LogP) is 7.30. The van der Waals surface area contributed by atoms with Crippen molar-refractivity contribution in [3.63, 3.8) is 0 Å². The monoisotopic (exact) mass is 553 g/mol. The van der Waals surface area contributed by atoms with Crippen LogP contribution in [0.15, 0.2) is 59.6 Å². The highest BCUT2D eigenvalue weighted by molar-refractivity contribution is 7.92. The van der Waals surface area contributed by atoms with Crippen LogP contribution in [0.1, 0.15) is 37.7 Å². The summed E-state index contributed by atoms with van der Waals surface area (Å²) >= 11 is 17.9. The Bertz CT molecular complexity index is 1260. The van der Waals surface area contributed by atoms with Crippen LogP contribution >= 0.6 is 34.8 Å². The topological polar surface area (TPSA) is 80.3 Å². The highest BCUT2D eigenvalue weighted by Crippen LogP contribution is 2.33. The lowest BCUT2D eigenvalue weighted by molar-refractivity contribution is 0.464. The molecule has 0 aliphatic heterocycles. The van der Waals surface area contributed by atoms with E-state index < -0.39 is 10.0 Å². The molecule has 3 aromatic rings. The fraction of sp³-hybridized carbons (Fsp3) is 0.320. The van der Waals surface area contributed by atoms with Gasteiger partial charge >= 0.3 is 0 Å². The summed E-state index contributed by atoms with van der Waals surface area (Å²) in [5, 5.41) is 4.14. The molecule has 186 valence electrons.